The summed E-state index contributed by atoms with van der Waals surface area (Å²) < 4.78 is 0. The Morgan fingerprint density at radius 3 is 2.29 bits per heavy atom. The van der Waals surface area contributed by atoms with Crippen molar-refractivity contribution in [3.05, 3.63) is 0 Å². The van der Waals surface area contributed by atoms with Crippen LogP contribution in [-0.4, -0.2) is 25.2 Å². The molecule has 0 aromatic heterocycles. The lowest BCUT2D eigenvalue weighted by Crippen LogP contribution is -2.44. The van der Waals surface area contributed by atoms with Gasteiger partial charge in [-0.1, -0.05) is 0 Å². The highest BCUT2D eigenvalue weighted by atomic mass is 16.4. The topological polar surface area (TPSA) is 55.4 Å². The lowest BCUT2D eigenvalue weighted by molar-refractivity contribution is -0.266. The van der Waals surface area contributed by atoms with E-state index < -0.39 is 6.09 Å². The molecular formula is C3H7N2O2-. The SMILES string of the molecule is CNN(C)C(=O)[O-]. The van der Waals surface area contributed by atoms with Crippen molar-refractivity contribution < 1.29 is 9.90 Å². The Bertz CT molecular complexity index is 73.3. The van der Waals surface area contributed by atoms with Crippen molar-refractivity contribution in [3.8, 4) is 0 Å². The van der Waals surface area contributed by atoms with Gasteiger partial charge in [-0.3, -0.25) is 5.01 Å². The Labute approximate surface area is 41.7 Å². The minimum absolute atomic E-state index is 0.847. The van der Waals surface area contributed by atoms with Crippen LogP contribution in [0.25, 0.3) is 0 Å². The van der Waals surface area contributed by atoms with Crippen molar-refractivity contribution in [2.24, 2.45) is 0 Å². The van der Waals surface area contributed by atoms with Crippen molar-refractivity contribution in [2.45, 2.75) is 0 Å². The third kappa shape index (κ3) is 1.99. The van der Waals surface area contributed by atoms with Crippen LogP contribution in [0, 0.1) is 0 Å². The van der Waals surface area contributed by atoms with Crippen LogP contribution in [-0.2, 0) is 0 Å². The molecule has 0 aliphatic heterocycles. The highest BCUT2D eigenvalue weighted by Gasteiger charge is 1.85. The second-order valence-electron chi connectivity index (χ2n) is 1.05. The van der Waals surface area contributed by atoms with E-state index in [0.717, 1.165) is 5.01 Å². The Kier molecular flexibility index (Phi) is 2.15. The van der Waals surface area contributed by atoms with Gasteiger partial charge in [-0.2, -0.15) is 0 Å². The van der Waals surface area contributed by atoms with E-state index in [1.54, 1.807) is 0 Å². The van der Waals surface area contributed by atoms with Crippen LogP contribution in [0.4, 0.5) is 4.79 Å². The van der Waals surface area contributed by atoms with Crippen LogP contribution in [0.5, 0.6) is 0 Å². The summed E-state index contributed by atoms with van der Waals surface area (Å²) in [6, 6.07) is 0. The van der Waals surface area contributed by atoms with Crippen LogP contribution in [0.3, 0.4) is 0 Å². The number of nitrogens with one attached hydrogen (secondary N) is 1. The fraction of sp³-hybridized carbons (Fsp3) is 0.667. The molecule has 0 rings (SSSR count). The number of hydrogen-bond donors (Lipinski definition) is 1. The third-order valence-electron chi connectivity index (χ3n) is 0.609. The summed E-state index contributed by atoms with van der Waals surface area (Å²) in [4.78, 5) is 9.68. The highest BCUT2D eigenvalue weighted by molar-refractivity contribution is 5.61. The molecule has 0 aromatic rings. The molecule has 4 nitrogen and oxygen atoms in total. The van der Waals surface area contributed by atoms with Crippen LogP contribution >= 0.6 is 0 Å². The van der Waals surface area contributed by atoms with E-state index >= 15 is 0 Å². The van der Waals surface area contributed by atoms with E-state index in [0.29, 0.717) is 0 Å². The van der Waals surface area contributed by atoms with Gasteiger partial charge in [-0.05, 0) is 0 Å². The maximum atomic E-state index is 9.68. The molecule has 0 aromatic carbocycles. The normalized spacial score (nSPS) is 8.29. The number of carbonyl (C=O) groups excluding carboxylic acids is 1. The van der Waals surface area contributed by atoms with Crippen molar-refractivity contribution in [3.63, 3.8) is 0 Å². The Morgan fingerprint density at radius 2 is 2.29 bits per heavy atom. The van der Waals surface area contributed by atoms with E-state index in [-0.39, 0.29) is 0 Å². The van der Waals surface area contributed by atoms with Crippen molar-refractivity contribution in [2.75, 3.05) is 14.1 Å². The predicted octanol–water partition coefficient (Wildman–Crippen LogP) is -1.60. The summed E-state index contributed by atoms with van der Waals surface area (Å²) in [5, 5.41) is 10.5. The number of carboxylic acid groups (broad SMARTS) is 1. The first kappa shape index (κ1) is 6.23. The van der Waals surface area contributed by atoms with E-state index in [1.807, 2.05) is 0 Å². The second-order valence-corrected chi connectivity index (χ2v) is 1.05. The monoisotopic (exact) mass is 103 g/mol. The minimum atomic E-state index is -1.23. The van der Waals surface area contributed by atoms with Gasteiger partial charge in [0.25, 0.3) is 0 Å². The molecule has 0 spiro atoms. The highest BCUT2D eigenvalue weighted by Crippen LogP contribution is 1.65. The summed E-state index contributed by atoms with van der Waals surface area (Å²) in [7, 11) is 2.85. The maximum Gasteiger partial charge on any atom is 0.151 e. The summed E-state index contributed by atoms with van der Waals surface area (Å²) in [5.41, 5.74) is 2.34. The molecule has 0 unspecified atom stereocenters. The van der Waals surface area contributed by atoms with Gasteiger partial charge >= 0.3 is 0 Å². The average Bonchev–Trinajstić information content (AvgIpc) is 1.65. The van der Waals surface area contributed by atoms with Gasteiger partial charge in [-0.15, -0.1) is 0 Å². The molecule has 0 bridgehead atoms. The van der Waals surface area contributed by atoms with Crippen molar-refractivity contribution >= 4 is 6.09 Å². The first-order chi connectivity index (χ1) is 3.18. The lowest BCUT2D eigenvalue weighted by atomic mass is 11.0. The Hall–Kier alpha value is -0.770. The summed E-state index contributed by atoms with van der Waals surface area (Å²) in [5.74, 6) is 0. The van der Waals surface area contributed by atoms with E-state index in [4.69, 9.17) is 0 Å². The summed E-state index contributed by atoms with van der Waals surface area (Å²) in [6.07, 6.45) is -1.23. The van der Waals surface area contributed by atoms with Gasteiger partial charge in [0.2, 0.25) is 0 Å². The molecule has 0 aliphatic carbocycles. The number of nitrogens with zero attached hydrogens (tertiary/aromatic N) is 1. The van der Waals surface area contributed by atoms with Gasteiger partial charge in [-0.25, -0.2) is 5.43 Å². The van der Waals surface area contributed by atoms with Gasteiger partial charge in [0.05, 0.1) is 0 Å². The molecular weight excluding hydrogens is 96.0 g/mol. The molecule has 7 heavy (non-hydrogen) atoms. The zero-order valence-corrected chi connectivity index (χ0v) is 4.26. The van der Waals surface area contributed by atoms with E-state index in [9.17, 15) is 9.90 Å². The number of carbonyl (C=O) groups is 1. The molecule has 1 amide bonds. The molecule has 42 valence electrons. The fourth-order valence-electron chi connectivity index (χ4n) is 0.0913. The molecule has 4 heteroatoms. The van der Waals surface area contributed by atoms with Crippen LogP contribution < -0.4 is 10.5 Å². The third-order valence-corrected chi connectivity index (χ3v) is 0.609. The summed E-state index contributed by atoms with van der Waals surface area (Å²) >= 11 is 0. The first-order valence-corrected chi connectivity index (χ1v) is 1.80. The number of amides is 1. The predicted molar refractivity (Wildman–Crippen MR) is 22.2 cm³/mol. The number of rotatable bonds is 1. The quantitative estimate of drug-likeness (QED) is 0.406. The number of hydrogen-bond acceptors (Lipinski definition) is 3. The summed E-state index contributed by atoms with van der Waals surface area (Å²) in [6.45, 7) is 0. The smallest absolute Gasteiger partial charge is 0.151 e. The molecule has 1 N–H and O–H groups in total. The minimum Gasteiger partial charge on any atom is -0.529 e. The first-order valence-electron chi connectivity index (χ1n) is 1.80. The fourth-order valence-corrected chi connectivity index (χ4v) is 0.0913. The van der Waals surface area contributed by atoms with Crippen LogP contribution in [0.15, 0.2) is 0 Å². The lowest BCUT2D eigenvalue weighted by Gasteiger charge is -2.16. The number of hydrazine groups is 1. The zero-order chi connectivity index (χ0) is 5.86. The van der Waals surface area contributed by atoms with Gasteiger partial charge in [0.15, 0.2) is 6.09 Å². The van der Waals surface area contributed by atoms with Crippen LogP contribution in [0.2, 0.25) is 0 Å². The Balaban J connectivity index is 3.34. The van der Waals surface area contributed by atoms with E-state index in [2.05, 4.69) is 5.43 Å². The molecule has 0 radical (unpaired) electrons. The van der Waals surface area contributed by atoms with Gasteiger partial charge in [0, 0.05) is 14.1 Å². The largest absolute Gasteiger partial charge is 0.529 e. The molecule has 0 atom stereocenters. The van der Waals surface area contributed by atoms with Gasteiger partial charge < -0.3 is 9.90 Å². The maximum absolute atomic E-state index is 9.68. The average molecular weight is 103 g/mol. The molecule has 0 heterocycles. The Morgan fingerprint density at radius 1 is 1.86 bits per heavy atom. The van der Waals surface area contributed by atoms with E-state index in [1.165, 1.54) is 14.1 Å². The zero-order valence-electron chi connectivity index (χ0n) is 4.26. The standard InChI is InChI=1S/C3H8N2O2/c1-4-5(2)3(6)7/h4H,1-2H3,(H,6,7)/p-1. The van der Waals surface area contributed by atoms with Crippen LogP contribution in [0.1, 0.15) is 0 Å². The van der Waals surface area contributed by atoms with Crippen molar-refractivity contribution in [1.29, 1.82) is 0 Å². The molecule has 0 fully saturated rings. The van der Waals surface area contributed by atoms with Gasteiger partial charge in [0.1, 0.15) is 0 Å². The molecule has 0 saturated carbocycles. The molecule has 0 aliphatic rings. The second kappa shape index (κ2) is 2.41. The molecule has 0 saturated heterocycles. The van der Waals surface area contributed by atoms with Crippen molar-refractivity contribution in [1.82, 2.24) is 10.4 Å².